The van der Waals surface area contributed by atoms with E-state index in [0.29, 0.717) is 0 Å². The number of aliphatic hydroxyl groups excluding tert-OH is 1. The van der Waals surface area contributed by atoms with Gasteiger partial charge in [-0.1, -0.05) is 36.4 Å². The van der Waals surface area contributed by atoms with E-state index in [-0.39, 0.29) is 31.6 Å². The predicted octanol–water partition coefficient (Wildman–Crippen LogP) is 6.17. The Morgan fingerprint density at radius 3 is 2.31 bits per heavy atom. The topological polar surface area (TPSA) is 54.5 Å². The predicted molar refractivity (Wildman–Crippen MR) is 117 cm³/mol. The second-order valence-electron chi connectivity index (χ2n) is 6.70. The maximum Gasteiger partial charge on any atom is 0.316 e. The number of ketones is 1. The van der Waals surface area contributed by atoms with E-state index in [9.17, 15) is 0 Å². The first-order valence-electron chi connectivity index (χ1n) is 9.11. The molecule has 0 amide bonds. The van der Waals surface area contributed by atoms with Gasteiger partial charge < -0.3 is 5.11 Å². The van der Waals surface area contributed by atoms with E-state index in [4.69, 9.17) is 14.9 Å². The summed E-state index contributed by atoms with van der Waals surface area (Å²) in [7, 11) is 0. The molecular formula is C25H23IrNO2. The molecule has 0 fully saturated rings. The van der Waals surface area contributed by atoms with Crippen LogP contribution in [0.1, 0.15) is 19.4 Å². The summed E-state index contributed by atoms with van der Waals surface area (Å²) in [5, 5.41) is 12.2. The van der Waals surface area contributed by atoms with Gasteiger partial charge in [0.2, 0.25) is 0 Å². The standard InChI is InChI=1S/C20H14N.C5H8O2.Ir/c1-14-6-5-9-17-16(14)10-13-20-18(17)11-12-19(21-20)15-7-3-2-4-8-15;1-4(6)3-5(2)7;/h2-7,9-13H,1H3;3,6H,1-2H3;/q-1;;/p+1/b;4-3-;. The Labute approximate surface area is 184 Å². The van der Waals surface area contributed by atoms with E-state index < -0.39 is 0 Å². The molecule has 1 heterocycles. The smallest absolute Gasteiger partial charge is 0.316 e. The molecule has 0 bridgehead atoms. The number of hydrogen-bond acceptors (Lipinski definition) is 2. The van der Waals surface area contributed by atoms with Gasteiger partial charge in [0, 0.05) is 25.5 Å². The van der Waals surface area contributed by atoms with Crippen LogP contribution in [0.25, 0.3) is 32.9 Å². The molecule has 0 spiro atoms. The van der Waals surface area contributed by atoms with Gasteiger partial charge in [-0.3, -0.25) is 9.78 Å². The van der Waals surface area contributed by atoms with Gasteiger partial charge in [-0.2, -0.15) is 0 Å². The second kappa shape index (κ2) is 10.1. The number of aromatic nitrogens is 1. The van der Waals surface area contributed by atoms with Crippen LogP contribution in [0, 0.1) is 13.0 Å². The molecule has 0 unspecified atom stereocenters. The van der Waals surface area contributed by atoms with Crippen LogP contribution in [0.5, 0.6) is 0 Å². The fourth-order valence-corrected chi connectivity index (χ4v) is 3.13. The van der Waals surface area contributed by atoms with Crippen molar-refractivity contribution < 1.29 is 30.0 Å². The average molecular weight is 562 g/mol. The van der Waals surface area contributed by atoms with Gasteiger partial charge in [-0.05, 0) is 41.9 Å². The van der Waals surface area contributed by atoms with Crippen molar-refractivity contribution in [3.05, 3.63) is 90.2 Å². The molecule has 1 aromatic heterocycles. The summed E-state index contributed by atoms with van der Waals surface area (Å²) in [6.45, 7) is 5.15. The molecule has 2 N–H and O–H groups in total. The zero-order valence-corrected chi connectivity index (χ0v) is 19.0. The molecule has 0 saturated heterocycles. The molecule has 0 aliphatic heterocycles. The first-order chi connectivity index (χ1) is 13.5. The largest absolute Gasteiger partial charge is 0.512 e. The summed E-state index contributed by atoms with van der Waals surface area (Å²) in [6.07, 6.45) is 1.28. The Kier molecular flexibility index (Phi) is 7.83. The van der Waals surface area contributed by atoms with E-state index >= 15 is 0 Å². The minimum atomic E-state index is 0. The maximum absolute atomic E-state index is 8.40. The molecule has 0 aliphatic carbocycles. The van der Waals surface area contributed by atoms with Crippen LogP contribution in [-0.2, 0) is 20.1 Å². The van der Waals surface area contributed by atoms with Crippen molar-refractivity contribution in [1.82, 2.24) is 4.98 Å². The Morgan fingerprint density at radius 2 is 1.69 bits per heavy atom. The molecule has 3 aromatic carbocycles. The van der Waals surface area contributed by atoms with Gasteiger partial charge in [0.05, 0.1) is 24.3 Å². The number of hydrogen-bond donors (Lipinski definition) is 1. The zero-order valence-electron chi connectivity index (χ0n) is 16.6. The minimum absolute atomic E-state index is 0. The van der Waals surface area contributed by atoms with Crippen molar-refractivity contribution >= 4 is 27.5 Å². The number of benzene rings is 3. The van der Waals surface area contributed by atoms with Crippen LogP contribution in [-0.4, -0.2) is 20.7 Å². The molecule has 0 aliphatic rings. The monoisotopic (exact) mass is 562 g/mol. The van der Waals surface area contributed by atoms with Crippen molar-refractivity contribution in [2.24, 2.45) is 0 Å². The normalized spacial score (nSPS) is 10.8. The molecule has 3 nitrogen and oxygen atoms in total. The third-order valence-corrected chi connectivity index (χ3v) is 4.35. The van der Waals surface area contributed by atoms with Crippen LogP contribution < -0.4 is 0 Å². The quantitative estimate of drug-likeness (QED) is 0.105. The molecule has 149 valence electrons. The van der Waals surface area contributed by atoms with E-state index in [2.05, 4.69) is 55.5 Å². The van der Waals surface area contributed by atoms with Gasteiger partial charge in [0.15, 0.2) is 0 Å². The average Bonchev–Trinajstić information content (AvgIpc) is 2.68. The Bertz CT molecular complexity index is 1160. The SMILES string of the molecule is CC(=[OH+])/C=C(/C)O.Cc1cccc2c1ccc1nc(-c3[c-]cccc3)ccc12.[Ir]. The molecule has 4 rings (SSSR count). The first-order valence-corrected chi connectivity index (χ1v) is 9.11. The van der Waals surface area contributed by atoms with E-state index in [1.54, 1.807) is 0 Å². The zero-order chi connectivity index (χ0) is 20.1. The number of carbonyl (C=O) groups excluding carboxylic acids is 1. The second-order valence-corrected chi connectivity index (χ2v) is 6.70. The van der Waals surface area contributed by atoms with Crippen molar-refractivity contribution in [1.29, 1.82) is 0 Å². The number of aryl methyl sites for hydroxylation is 1. The number of fused-ring (bicyclic) bond motifs is 3. The van der Waals surface area contributed by atoms with Gasteiger partial charge in [-0.25, -0.2) is 0 Å². The van der Waals surface area contributed by atoms with Crippen molar-refractivity contribution in [3.8, 4) is 11.3 Å². The van der Waals surface area contributed by atoms with Crippen molar-refractivity contribution in [2.75, 3.05) is 0 Å². The first kappa shape index (κ1) is 22.5. The maximum atomic E-state index is 8.40. The van der Waals surface area contributed by atoms with E-state index in [1.807, 2.05) is 24.3 Å². The van der Waals surface area contributed by atoms with Crippen molar-refractivity contribution in [2.45, 2.75) is 20.8 Å². The summed E-state index contributed by atoms with van der Waals surface area (Å²) in [5.41, 5.74) is 4.33. The molecule has 4 heteroatoms. The number of pyridine rings is 1. The third kappa shape index (κ3) is 5.60. The molecule has 0 atom stereocenters. The van der Waals surface area contributed by atoms with Crippen LogP contribution in [0.3, 0.4) is 0 Å². The molecular weight excluding hydrogens is 538 g/mol. The Hall–Kier alpha value is -2.81. The summed E-state index contributed by atoms with van der Waals surface area (Å²) in [4.78, 5) is 13.2. The van der Waals surface area contributed by atoms with Gasteiger partial charge in [0.25, 0.3) is 0 Å². The fourth-order valence-electron chi connectivity index (χ4n) is 3.13. The van der Waals surface area contributed by atoms with Crippen LogP contribution in [0.4, 0.5) is 0 Å². The Balaban J connectivity index is 0.000000327. The number of allylic oxidation sites excluding steroid dienone is 2. The summed E-state index contributed by atoms with van der Waals surface area (Å²) >= 11 is 0. The van der Waals surface area contributed by atoms with Crippen molar-refractivity contribution in [3.63, 3.8) is 0 Å². The molecule has 29 heavy (non-hydrogen) atoms. The third-order valence-electron chi connectivity index (χ3n) is 4.35. The van der Waals surface area contributed by atoms with E-state index in [0.717, 1.165) is 16.8 Å². The summed E-state index contributed by atoms with van der Waals surface area (Å²) < 4.78 is 0. The minimum Gasteiger partial charge on any atom is -0.512 e. The van der Waals surface area contributed by atoms with Crippen LogP contribution >= 0.6 is 0 Å². The number of nitrogens with zero attached hydrogens (tertiary/aromatic N) is 1. The Morgan fingerprint density at radius 1 is 0.931 bits per heavy atom. The van der Waals surface area contributed by atoms with Gasteiger partial charge >= 0.3 is 5.78 Å². The van der Waals surface area contributed by atoms with E-state index in [1.165, 1.54) is 41.6 Å². The molecule has 1 radical (unpaired) electrons. The molecule has 4 aromatic rings. The summed E-state index contributed by atoms with van der Waals surface area (Å²) in [5.74, 6) is 0.250. The van der Waals surface area contributed by atoms with Gasteiger partial charge in [0.1, 0.15) is 0 Å². The molecule has 0 saturated carbocycles. The van der Waals surface area contributed by atoms with Crippen LogP contribution in [0.15, 0.2) is 78.6 Å². The fraction of sp³-hybridized carbons (Fsp3) is 0.120. The van der Waals surface area contributed by atoms with Gasteiger partial charge in [-0.15, -0.1) is 35.9 Å². The summed E-state index contributed by atoms with van der Waals surface area (Å²) in [6, 6.07) is 26.1. The number of aliphatic hydroxyl groups is 1. The van der Waals surface area contributed by atoms with Crippen LogP contribution in [0.2, 0.25) is 0 Å². The number of rotatable bonds is 2.